The van der Waals surface area contributed by atoms with Crippen LogP contribution in [0.4, 0.5) is 0 Å². The minimum Gasteiger partial charge on any atom is -0.457 e. The number of hydrogen-bond acceptors (Lipinski definition) is 4. The number of carbonyl (C=O) groups excluding carboxylic acids is 1. The summed E-state index contributed by atoms with van der Waals surface area (Å²) in [5.41, 5.74) is 4.46. The number of esters is 1. The van der Waals surface area contributed by atoms with Crippen molar-refractivity contribution in [3.63, 3.8) is 0 Å². The highest BCUT2D eigenvalue weighted by atomic mass is 16.5. The Labute approximate surface area is 146 Å². The second kappa shape index (κ2) is 7.14. The number of para-hydroxylation sites is 1. The molecule has 0 amide bonds. The van der Waals surface area contributed by atoms with E-state index in [-0.39, 0.29) is 12.6 Å². The van der Waals surface area contributed by atoms with E-state index in [2.05, 4.69) is 11.1 Å². The molecule has 0 aliphatic heterocycles. The molecule has 1 heterocycles. The van der Waals surface area contributed by atoms with E-state index in [9.17, 15) is 4.79 Å². The summed E-state index contributed by atoms with van der Waals surface area (Å²) in [5, 5.41) is 9.76. The third-order valence-corrected chi connectivity index (χ3v) is 4.20. The number of benzene rings is 2. The second-order valence-corrected chi connectivity index (χ2v) is 5.82. The fourth-order valence-electron chi connectivity index (χ4n) is 2.92. The number of nitrogens with zero attached hydrogens (tertiary/aromatic N) is 2. The topological polar surface area (TPSA) is 63.0 Å². The van der Waals surface area contributed by atoms with Crippen LogP contribution in [-0.4, -0.2) is 11.0 Å². The van der Waals surface area contributed by atoms with Crippen LogP contribution in [0, 0.1) is 18.3 Å². The van der Waals surface area contributed by atoms with Gasteiger partial charge in [-0.3, -0.25) is 4.98 Å². The summed E-state index contributed by atoms with van der Waals surface area (Å²) in [7, 11) is 0. The van der Waals surface area contributed by atoms with Gasteiger partial charge in [-0.15, -0.1) is 0 Å². The van der Waals surface area contributed by atoms with Gasteiger partial charge in [0.25, 0.3) is 0 Å². The molecule has 3 rings (SSSR count). The predicted octanol–water partition coefficient (Wildman–Crippen LogP) is 4.33. The Balaban J connectivity index is 1.94. The first kappa shape index (κ1) is 16.7. The fourth-order valence-corrected chi connectivity index (χ4v) is 2.92. The lowest BCUT2D eigenvalue weighted by Crippen LogP contribution is -2.11. The Hall–Kier alpha value is -3.19. The Morgan fingerprint density at radius 3 is 2.76 bits per heavy atom. The molecule has 0 N–H and O–H groups in total. The lowest BCUT2D eigenvalue weighted by atomic mass is 10.0. The molecule has 4 heteroatoms. The lowest BCUT2D eigenvalue weighted by Gasteiger charge is -2.13. The average Bonchev–Trinajstić information content (AvgIpc) is 2.65. The summed E-state index contributed by atoms with van der Waals surface area (Å²) in [6, 6.07) is 16.7. The SMILES string of the molecule is CCc1nc2ccccc2c(C(=O)OCc2cccc(C#N)c2)c1C. The van der Waals surface area contributed by atoms with Crippen molar-refractivity contribution in [3.05, 3.63) is 76.5 Å². The maximum Gasteiger partial charge on any atom is 0.339 e. The zero-order valence-corrected chi connectivity index (χ0v) is 14.2. The molecule has 124 valence electrons. The number of ether oxygens (including phenoxy) is 1. The van der Waals surface area contributed by atoms with Crippen LogP contribution in [0.5, 0.6) is 0 Å². The van der Waals surface area contributed by atoms with Crippen LogP contribution in [-0.2, 0) is 17.8 Å². The second-order valence-electron chi connectivity index (χ2n) is 5.82. The van der Waals surface area contributed by atoms with Gasteiger partial charge in [0, 0.05) is 11.1 Å². The monoisotopic (exact) mass is 330 g/mol. The van der Waals surface area contributed by atoms with E-state index in [0.29, 0.717) is 11.1 Å². The molecule has 0 radical (unpaired) electrons. The number of carbonyl (C=O) groups is 1. The van der Waals surface area contributed by atoms with Crippen molar-refractivity contribution < 1.29 is 9.53 Å². The number of nitriles is 1. The highest BCUT2D eigenvalue weighted by molar-refractivity contribution is 6.05. The van der Waals surface area contributed by atoms with Crippen molar-refractivity contribution in [1.29, 1.82) is 5.26 Å². The normalized spacial score (nSPS) is 10.4. The summed E-state index contributed by atoms with van der Waals surface area (Å²) in [6.45, 7) is 4.06. The van der Waals surface area contributed by atoms with Gasteiger partial charge in [-0.05, 0) is 42.7 Å². The number of pyridine rings is 1. The highest BCUT2D eigenvalue weighted by Crippen LogP contribution is 2.24. The first-order chi connectivity index (χ1) is 12.1. The highest BCUT2D eigenvalue weighted by Gasteiger charge is 2.18. The van der Waals surface area contributed by atoms with Crippen LogP contribution >= 0.6 is 0 Å². The summed E-state index contributed by atoms with van der Waals surface area (Å²) in [4.78, 5) is 17.4. The van der Waals surface area contributed by atoms with Gasteiger partial charge in [0.05, 0.1) is 22.7 Å². The Bertz CT molecular complexity index is 987. The van der Waals surface area contributed by atoms with Gasteiger partial charge >= 0.3 is 5.97 Å². The zero-order chi connectivity index (χ0) is 17.8. The molecular weight excluding hydrogens is 312 g/mol. The van der Waals surface area contributed by atoms with Gasteiger partial charge in [-0.1, -0.05) is 37.3 Å². The number of rotatable bonds is 4. The molecule has 4 nitrogen and oxygen atoms in total. The number of aryl methyl sites for hydroxylation is 1. The summed E-state index contributed by atoms with van der Waals surface area (Å²) < 4.78 is 5.53. The maximum absolute atomic E-state index is 12.8. The molecule has 0 bridgehead atoms. The molecule has 1 aromatic heterocycles. The molecule has 0 aliphatic rings. The molecule has 25 heavy (non-hydrogen) atoms. The van der Waals surface area contributed by atoms with Crippen LogP contribution in [0.25, 0.3) is 10.9 Å². The summed E-state index contributed by atoms with van der Waals surface area (Å²) in [6.07, 6.45) is 0.751. The van der Waals surface area contributed by atoms with Crippen LogP contribution < -0.4 is 0 Å². The van der Waals surface area contributed by atoms with Crippen LogP contribution in [0.15, 0.2) is 48.5 Å². The van der Waals surface area contributed by atoms with Crippen LogP contribution in [0.3, 0.4) is 0 Å². The van der Waals surface area contributed by atoms with E-state index in [1.54, 1.807) is 18.2 Å². The first-order valence-corrected chi connectivity index (χ1v) is 8.18. The van der Waals surface area contributed by atoms with Crippen molar-refractivity contribution >= 4 is 16.9 Å². The molecule has 0 unspecified atom stereocenters. The number of hydrogen-bond donors (Lipinski definition) is 0. The minimum absolute atomic E-state index is 0.131. The van der Waals surface area contributed by atoms with Crippen molar-refractivity contribution in [3.8, 4) is 6.07 Å². The smallest absolute Gasteiger partial charge is 0.339 e. The minimum atomic E-state index is -0.367. The van der Waals surface area contributed by atoms with Gasteiger partial charge in [0.1, 0.15) is 6.61 Å². The molecule has 0 fully saturated rings. The standard InChI is InChI=1S/C21H18N2O2/c1-3-18-14(2)20(17-9-4-5-10-19(17)23-18)21(24)25-13-16-8-6-7-15(11-16)12-22/h4-11H,3,13H2,1-2H3. The van der Waals surface area contributed by atoms with Gasteiger partial charge in [0.2, 0.25) is 0 Å². The van der Waals surface area contributed by atoms with Crippen molar-refractivity contribution in [2.45, 2.75) is 26.9 Å². The zero-order valence-electron chi connectivity index (χ0n) is 14.2. The van der Waals surface area contributed by atoms with Gasteiger partial charge < -0.3 is 4.74 Å². The average molecular weight is 330 g/mol. The molecule has 0 spiro atoms. The van der Waals surface area contributed by atoms with E-state index in [0.717, 1.165) is 34.1 Å². The van der Waals surface area contributed by atoms with E-state index < -0.39 is 0 Å². The molecular formula is C21H18N2O2. The Kier molecular flexibility index (Phi) is 4.76. The molecule has 0 aliphatic carbocycles. The fraction of sp³-hybridized carbons (Fsp3) is 0.190. The van der Waals surface area contributed by atoms with E-state index in [1.807, 2.05) is 44.2 Å². The molecule has 0 saturated carbocycles. The van der Waals surface area contributed by atoms with E-state index >= 15 is 0 Å². The Morgan fingerprint density at radius 1 is 1.20 bits per heavy atom. The largest absolute Gasteiger partial charge is 0.457 e. The third-order valence-electron chi connectivity index (χ3n) is 4.20. The first-order valence-electron chi connectivity index (χ1n) is 8.18. The Morgan fingerprint density at radius 2 is 2.00 bits per heavy atom. The predicted molar refractivity (Wildman–Crippen MR) is 96.1 cm³/mol. The molecule has 3 aromatic rings. The number of aromatic nitrogens is 1. The van der Waals surface area contributed by atoms with Crippen molar-refractivity contribution in [2.24, 2.45) is 0 Å². The van der Waals surface area contributed by atoms with Crippen molar-refractivity contribution in [2.75, 3.05) is 0 Å². The number of fused-ring (bicyclic) bond motifs is 1. The maximum atomic E-state index is 12.8. The summed E-state index contributed by atoms with van der Waals surface area (Å²) >= 11 is 0. The quantitative estimate of drug-likeness (QED) is 0.668. The van der Waals surface area contributed by atoms with Gasteiger partial charge in [-0.25, -0.2) is 4.79 Å². The van der Waals surface area contributed by atoms with E-state index in [1.165, 1.54) is 0 Å². The molecule has 0 atom stereocenters. The van der Waals surface area contributed by atoms with E-state index in [4.69, 9.17) is 10.00 Å². The summed E-state index contributed by atoms with van der Waals surface area (Å²) in [5.74, 6) is -0.367. The molecule has 0 saturated heterocycles. The van der Waals surface area contributed by atoms with Crippen LogP contribution in [0.1, 0.15) is 39.7 Å². The third kappa shape index (κ3) is 3.36. The van der Waals surface area contributed by atoms with Crippen LogP contribution in [0.2, 0.25) is 0 Å². The lowest BCUT2D eigenvalue weighted by molar-refractivity contribution is 0.0474. The van der Waals surface area contributed by atoms with Gasteiger partial charge in [-0.2, -0.15) is 5.26 Å². The molecule has 2 aromatic carbocycles. The van der Waals surface area contributed by atoms with Gasteiger partial charge in [0.15, 0.2) is 0 Å². The van der Waals surface area contributed by atoms with Crippen molar-refractivity contribution in [1.82, 2.24) is 4.98 Å².